The lowest BCUT2D eigenvalue weighted by atomic mass is 10.2. The molecule has 2 aliphatic heterocycles. The maximum atomic E-state index is 11.9. The molecule has 23 heavy (non-hydrogen) atoms. The minimum Gasteiger partial charge on any atom is -0.314 e. The van der Waals surface area contributed by atoms with Gasteiger partial charge in [-0.05, 0) is 18.2 Å². The number of sulfone groups is 1. The number of aliphatic imine (C=N–C) groups is 1. The molecule has 0 N–H and O–H groups in total. The maximum Gasteiger partial charge on any atom is 0.247 e. The summed E-state index contributed by atoms with van der Waals surface area (Å²) in [5, 5.41) is 1.25. The average molecular weight is 393 g/mol. The second kappa shape index (κ2) is 6.27. The first-order chi connectivity index (χ1) is 10.8. The van der Waals surface area contributed by atoms with Gasteiger partial charge in [-0.3, -0.25) is 4.79 Å². The van der Waals surface area contributed by atoms with Crippen molar-refractivity contribution >= 4 is 61.6 Å². The van der Waals surface area contributed by atoms with Crippen LogP contribution in [-0.2, 0) is 14.6 Å². The topological polar surface area (TPSA) is 66.8 Å². The lowest BCUT2D eigenvalue weighted by Crippen LogP contribution is -2.37. The summed E-state index contributed by atoms with van der Waals surface area (Å²) in [6.45, 7) is 1.73. The van der Waals surface area contributed by atoms with Crippen LogP contribution in [0.4, 0.5) is 5.69 Å². The number of benzene rings is 1. The summed E-state index contributed by atoms with van der Waals surface area (Å²) >= 11 is 13.5. The Labute approximate surface area is 149 Å². The summed E-state index contributed by atoms with van der Waals surface area (Å²) in [6, 6.07) is 4.74. The number of nitrogens with zero attached hydrogens (tertiary/aromatic N) is 2. The van der Waals surface area contributed by atoms with Crippen LogP contribution in [0, 0.1) is 0 Å². The fourth-order valence-electron chi connectivity index (χ4n) is 2.71. The Balaban J connectivity index is 2.06. The van der Waals surface area contributed by atoms with Gasteiger partial charge in [-0.1, -0.05) is 41.9 Å². The van der Waals surface area contributed by atoms with Crippen molar-refractivity contribution in [3.63, 3.8) is 0 Å². The predicted octanol–water partition coefficient (Wildman–Crippen LogP) is 3.00. The first-order valence-electron chi connectivity index (χ1n) is 7.03. The molecule has 0 saturated carbocycles. The lowest BCUT2D eigenvalue weighted by Gasteiger charge is -2.25. The molecule has 0 bridgehead atoms. The maximum absolute atomic E-state index is 11.9. The number of hydrogen-bond donors (Lipinski definition) is 0. The molecule has 9 heteroatoms. The van der Waals surface area contributed by atoms with Crippen LogP contribution in [0.2, 0.25) is 10.0 Å². The Morgan fingerprint density at radius 2 is 2.13 bits per heavy atom. The highest BCUT2D eigenvalue weighted by Gasteiger charge is 2.49. The van der Waals surface area contributed by atoms with Crippen LogP contribution < -0.4 is 4.90 Å². The third-order valence-corrected chi connectivity index (χ3v) is 7.51. The van der Waals surface area contributed by atoms with Crippen LogP contribution in [0.25, 0.3) is 0 Å². The zero-order valence-electron chi connectivity index (χ0n) is 12.2. The van der Waals surface area contributed by atoms with Crippen molar-refractivity contribution in [1.82, 2.24) is 0 Å². The molecule has 5 nitrogen and oxygen atoms in total. The Kier molecular flexibility index (Phi) is 4.66. The van der Waals surface area contributed by atoms with Crippen LogP contribution in [0.5, 0.6) is 0 Å². The summed E-state index contributed by atoms with van der Waals surface area (Å²) in [4.78, 5) is 17.6. The quantitative estimate of drug-likeness (QED) is 0.773. The number of amides is 1. The molecule has 2 aliphatic rings. The predicted molar refractivity (Wildman–Crippen MR) is 95.5 cm³/mol. The molecule has 0 spiro atoms. The number of carbonyl (C=O) groups is 1. The fourth-order valence-corrected chi connectivity index (χ4v) is 7.13. The highest BCUT2D eigenvalue weighted by Crippen LogP contribution is 2.43. The van der Waals surface area contributed by atoms with E-state index < -0.39 is 9.84 Å². The van der Waals surface area contributed by atoms with E-state index in [9.17, 15) is 13.2 Å². The minimum absolute atomic E-state index is 0.0307. The van der Waals surface area contributed by atoms with Crippen molar-refractivity contribution in [1.29, 1.82) is 0 Å². The van der Waals surface area contributed by atoms with Gasteiger partial charge in [0, 0.05) is 16.7 Å². The number of thioether (sulfide) groups is 1. The molecule has 3 rings (SSSR count). The Hall–Kier alpha value is -0.760. The van der Waals surface area contributed by atoms with Gasteiger partial charge >= 0.3 is 0 Å². The summed E-state index contributed by atoms with van der Waals surface area (Å²) in [6.07, 6.45) is 0.292. The van der Waals surface area contributed by atoms with Crippen molar-refractivity contribution in [2.45, 2.75) is 24.6 Å². The number of carbonyl (C=O) groups excluding carboxylic acids is 1. The highest BCUT2D eigenvalue weighted by atomic mass is 35.5. The zero-order valence-corrected chi connectivity index (χ0v) is 15.3. The molecular formula is C14H14Cl2N2O3S2. The van der Waals surface area contributed by atoms with Crippen molar-refractivity contribution in [3.05, 3.63) is 28.2 Å². The van der Waals surface area contributed by atoms with Gasteiger partial charge in [-0.15, -0.1) is 0 Å². The van der Waals surface area contributed by atoms with Gasteiger partial charge in [0.1, 0.15) is 0 Å². The van der Waals surface area contributed by atoms with Crippen LogP contribution in [0.3, 0.4) is 0 Å². The smallest absolute Gasteiger partial charge is 0.247 e. The summed E-state index contributed by atoms with van der Waals surface area (Å²) in [5.74, 6) is -0.128. The zero-order chi connectivity index (χ0) is 16.8. The number of amidine groups is 1. The second-order valence-electron chi connectivity index (χ2n) is 5.41. The summed E-state index contributed by atoms with van der Waals surface area (Å²) < 4.78 is 23.9. The van der Waals surface area contributed by atoms with E-state index in [1.165, 1.54) is 11.8 Å². The Bertz CT molecular complexity index is 795. The van der Waals surface area contributed by atoms with E-state index in [2.05, 4.69) is 4.99 Å². The number of fused-ring (bicyclic) bond motifs is 1. The largest absolute Gasteiger partial charge is 0.314 e. The van der Waals surface area contributed by atoms with Gasteiger partial charge in [0.25, 0.3) is 0 Å². The first kappa shape index (κ1) is 17.1. The van der Waals surface area contributed by atoms with Crippen molar-refractivity contribution < 1.29 is 13.2 Å². The molecule has 2 fully saturated rings. The summed E-state index contributed by atoms with van der Waals surface area (Å²) in [5.41, 5.74) is 0.621. The third kappa shape index (κ3) is 3.38. The van der Waals surface area contributed by atoms with E-state index >= 15 is 0 Å². The lowest BCUT2D eigenvalue weighted by molar-refractivity contribution is -0.117. The van der Waals surface area contributed by atoms with Crippen LogP contribution in [0.15, 0.2) is 23.2 Å². The fraction of sp³-hybridized carbons (Fsp3) is 0.429. The van der Waals surface area contributed by atoms with Gasteiger partial charge < -0.3 is 4.90 Å². The standard InChI is InChI=1S/C14H14Cl2N2O3S2/c1-2-13(19)17-14-18(10-4-3-8(15)5-9(10)16)11-6-23(20,21)7-12(11)22-14/h3-5,11-12H,2,6-7H2,1H3/t11-,12+/m1/s1. The molecule has 124 valence electrons. The second-order valence-corrected chi connectivity index (χ2v) is 9.61. The molecule has 2 saturated heterocycles. The monoisotopic (exact) mass is 392 g/mol. The number of hydrogen-bond acceptors (Lipinski definition) is 4. The molecular weight excluding hydrogens is 379 g/mol. The minimum atomic E-state index is -3.10. The van der Waals surface area contributed by atoms with Gasteiger partial charge in [0.15, 0.2) is 15.0 Å². The molecule has 1 aromatic carbocycles. The Morgan fingerprint density at radius 3 is 2.78 bits per heavy atom. The summed E-state index contributed by atoms with van der Waals surface area (Å²) in [7, 11) is -3.10. The van der Waals surface area contributed by atoms with Crippen molar-refractivity contribution in [2.24, 2.45) is 4.99 Å². The van der Waals surface area contributed by atoms with Gasteiger partial charge in [0.2, 0.25) is 5.91 Å². The molecule has 1 amide bonds. The average Bonchev–Trinajstić information content (AvgIpc) is 2.91. The van der Waals surface area contributed by atoms with E-state index in [0.717, 1.165) is 0 Å². The molecule has 1 aromatic rings. The van der Waals surface area contributed by atoms with E-state index in [-0.39, 0.29) is 28.7 Å². The molecule has 0 unspecified atom stereocenters. The van der Waals surface area contributed by atoms with Crippen molar-refractivity contribution in [2.75, 3.05) is 16.4 Å². The normalized spacial score (nSPS) is 27.4. The Morgan fingerprint density at radius 1 is 1.39 bits per heavy atom. The molecule has 0 aliphatic carbocycles. The first-order valence-corrected chi connectivity index (χ1v) is 10.5. The van der Waals surface area contributed by atoms with Gasteiger partial charge in [-0.2, -0.15) is 4.99 Å². The van der Waals surface area contributed by atoms with E-state index in [1.807, 2.05) is 0 Å². The molecule has 2 heterocycles. The molecule has 2 atom stereocenters. The molecule has 0 radical (unpaired) electrons. The van der Waals surface area contributed by atoms with Crippen LogP contribution in [0.1, 0.15) is 13.3 Å². The van der Waals surface area contributed by atoms with Crippen molar-refractivity contribution in [3.8, 4) is 0 Å². The van der Waals surface area contributed by atoms with E-state index in [0.29, 0.717) is 27.3 Å². The number of anilines is 1. The van der Waals surface area contributed by atoms with Gasteiger partial charge in [0.05, 0.1) is 28.3 Å². The van der Waals surface area contributed by atoms with Crippen LogP contribution >= 0.6 is 35.0 Å². The van der Waals surface area contributed by atoms with E-state index in [1.54, 1.807) is 30.0 Å². The number of rotatable bonds is 2. The SMILES string of the molecule is CCC(=O)N=C1S[C@H]2CS(=O)(=O)C[C@H]2N1c1ccc(Cl)cc1Cl. The third-order valence-electron chi connectivity index (χ3n) is 3.76. The van der Waals surface area contributed by atoms with Crippen LogP contribution in [-0.4, -0.2) is 42.3 Å². The van der Waals surface area contributed by atoms with E-state index in [4.69, 9.17) is 23.2 Å². The molecule has 0 aromatic heterocycles. The van der Waals surface area contributed by atoms with Gasteiger partial charge in [-0.25, -0.2) is 8.42 Å². The number of halogens is 2. The highest BCUT2D eigenvalue weighted by molar-refractivity contribution is 8.16.